The minimum atomic E-state index is -0.904. The zero-order valence-corrected chi connectivity index (χ0v) is 18.9. The Morgan fingerprint density at radius 1 is 1.16 bits per heavy atom. The molecule has 1 aromatic carbocycles. The van der Waals surface area contributed by atoms with Gasteiger partial charge in [0, 0.05) is 29.0 Å². The third-order valence-electron chi connectivity index (χ3n) is 5.23. The van der Waals surface area contributed by atoms with Gasteiger partial charge in [0.25, 0.3) is 11.7 Å². The van der Waals surface area contributed by atoms with Crippen LogP contribution in [-0.4, -0.2) is 48.0 Å². The van der Waals surface area contributed by atoms with Gasteiger partial charge in [-0.3, -0.25) is 9.59 Å². The number of amides is 1. The van der Waals surface area contributed by atoms with Crippen molar-refractivity contribution in [3.63, 3.8) is 0 Å². The fourth-order valence-corrected chi connectivity index (χ4v) is 3.48. The van der Waals surface area contributed by atoms with E-state index < -0.39 is 17.6 Å². The molecule has 0 aliphatic rings. The molecule has 1 amide bonds. The molecule has 0 saturated heterocycles. The first-order chi connectivity index (χ1) is 14.6. The van der Waals surface area contributed by atoms with Crippen LogP contribution in [0.4, 0.5) is 0 Å². The maximum absolute atomic E-state index is 13.2. The van der Waals surface area contributed by atoms with Crippen LogP contribution in [0.3, 0.4) is 0 Å². The smallest absolute Gasteiger partial charge is 0.311 e. The summed E-state index contributed by atoms with van der Waals surface area (Å²) < 4.78 is 7.12. The van der Waals surface area contributed by atoms with Gasteiger partial charge >= 0.3 is 5.97 Å². The summed E-state index contributed by atoms with van der Waals surface area (Å²) in [5.74, 6) is -0.234. The lowest BCUT2D eigenvalue weighted by molar-refractivity contribution is -0.161. The van der Waals surface area contributed by atoms with Gasteiger partial charge in [0.05, 0.1) is 6.42 Å². The Morgan fingerprint density at radius 2 is 1.84 bits per heavy atom. The number of aromatic nitrogens is 4. The third-order valence-corrected chi connectivity index (χ3v) is 5.23. The normalized spacial score (nSPS) is 12.6. The molecular formula is C23H29N5O3. The lowest BCUT2D eigenvalue weighted by Crippen LogP contribution is -2.49. The van der Waals surface area contributed by atoms with E-state index in [9.17, 15) is 9.59 Å². The summed E-state index contributed by atoms with van der Waals surface area (Å²) in [6, 6.07) is 9.76. The van der Waals surface area contributed by atoms with Crippen LogP contribution in [0, 0.1) is 13.8 Å². The van der Waals surface area contributed by atoms with Crippen LogP contribution in [0.15, 0.2) is 36.7 Å². The predicted molar refractivity (Wildman–Crippen MR) is 116 cm³/mol. The van der Waals surface area contributed by atoms with Crippen LogP contribution in [0.25, 0.3) is 5.78 Å². The molecule has 0 bridgehead atoms. The molecule has 0 N–H and O–H groups in total. The van der Waals surface area contributed by atoms with Gasteiger partial charge in [0.15, 0.2) is 6.10 Å². The van der Waals surface area contributed by atoms with Gasteiger partial charge in [-0.2, -0.15) is 10.1 Å². The monoisotopic (exact) mass is 423 g/mol. The Labute approximate surface area is 182 Å². The number of fused-ring (bicyclic) bond motifs is 1. The van der Waals surface area contributed by atoms with E-state index in [1.165, 1.54) is 6.33 Å². The molecule has 0 spiro atoms. The molecular weight excluding hydrogens is 394 g/mol. The van der Waals surface area contributed by atoms with E-state index >= 15 is 0 Å². The second-order valence-electron chi connectivity index (χ2n) is 8.62. The largest absolute Gasteiger partial charge is 0.452 e. The number of esters is 1. The molecule has 1 atom stereocenters. The Bertz CT molecular complexity index is 1090. The van der Waals surface area contributed by atoms with E-state index in [0.29, 0.717) is 18.0 Å². The molecule has 0 fully saturated rings. The highest BCUT2D eigenvalue weighted by Crippen LogP contribution is 2.20. The topological polar surface area (TPSA) is 89.7 Å². The number of rotatable bonds is 6. The van der Waals surface area contributed by atoms with Crippen molar-refractivity contribution < 1.29 is 14.3 Å². The number of carbonyl (C=O) groups excluding carboxylic acids is 2. The first-order valence-corrected chi connectivity index (χ1v) is 10.3. The second-order valence-corrected chi connectivity index (χ2v) is 8.62. The van der Waals surface area contributed by atoms with Gasteiger partial charge in [-0.25, -0.2) is 9.50 Å². The van der Waals surface area contributed by atoms with Gasteiger partial charge in [0.1, 0.15) is 6.33 Å². The molecule has 2 aromatic heterocycles. The highest BCUT2D eigenvalue weighted by Gasteiger charge is 2.32. The molecule has 0 aliphatic carbocycles. The van der Waals surface area contributed by atoms with Crippen LogP contribution in [-0.2, 0) is 27.3 Å². The fraction of sp³-hybridized carbons (Fsp3) is 0.435. The number of carbonyl (C=O) groups is 2. The standard InChI is InChI=1S/C23H29N5O3/c1-15-19(16(2)28-22(26-15)24-14-25-28)12-20(29)31-17(3)21(30)27(23(4,5)6)13-18-10-8-7-9-11-18/h7-11,14,17H,12-13H2,1-6H3/t17-/m0/s1. The summed E-state index contributed by atoms with van der Waals surface area (Å²) in [6.07, 6.45) is 0.525. The van der Waals surface area contributed by atoms with Crippen LogP contribution in [0.5, 0.6) is 0 Å². The lowest BCUT2D eigenvalue weighted by Gasteiger charge is -2.37. The number of hydrogen-bond donors (Lipinski definition) is 0. The predicted octanol–water partition coefficient (Wildman–Crippen LogP) is 3.04. The van der Waals surface area contributed by atoms with Crippen molar-refractivity contribution in [3.05, 3.63) is 59.2 Å². The van der Waals surface area contributed by atoms with Gasteiger partial charge in [-0.15, -0.1) is 0 Å². The molecule has 0 saturated carbocycles. The van der Waals surface area contributed by atoms with Crippen LogP contribution in [0.1, 0.15) is 50.2 Å². The van der Waals surface area contributed by atoms with Crippen molar-refractivity contribution in [1.29, 1.82) is 0 Å². The number of nitrogens with zero attached hydrogens (tertiary/aromatic N) is 5. The molecule has 0 unspecified atom stereocenters. The SMILES string of the molecule is Cc1nc2ncnn2c(C)c1CC(=O)O[C@@H](C)C(=O)N(Cc1ccccc1)C(C)(C)C. The van der Waals surface area contributed by atoms with Crippen molar-refractivity contribution in [3.8, 4) is 0 Å². The molecule has 164 valence electrons. The summed E-state index contributed by atoms with van der Waals surface area (Å²) in [7, 11) is 0. The van der Waals surface area contributed by atoms with E-state index in [0.717, 1.165) is 16.8 Å². The van der Waals surface area contributed by atoms with E-state index in [1.807, 2.05) is 65.0 Å². The number of aryl methyl sites for hydroxylation is 2. The molecule has 8 nitrogen and oxygen atoms in total. The van der Waals surface area contributed by atoms with Crippen molar-refractivity contribution >= 4 is 17.7 Å². The molecule has 3 rings (SSSR count). The quantitative estimate of drug-likeness (QED) is 0.566. The number of benzene rings is 1. The fourth-order valence-electron chi connectivity index (χ4n) is 3.48. The Hall–Kier alpha value is -3.29. The Kier molecular flexibility index (Phi) is 6.38. The van der Waals surface area contributed by atoms with Gasteiger partial charge in [0.2, 0.25) is 0 Å². The zero-order chi connectivity index (χ0) is 22.8. The lowest BCUT2D eigenvalue weighted by atomic mass is 10.0. The van der Waals surface area contributed by atoms with Crippen LogP contribution < -0.4 is 0 Å². The molecule has 2 heterocycles. The Balaban J connectivity index is 1.72. The van der Waals surface area contributed by atoms with Gasteiger partial charge in [-0.05, 0) is 47.1 Å². The maximum Gasteiger partial charge on any atom is 0.311 e. The second kappa shape index (κ2) is 8.83. The summed E-state index contributed by atoms with van der Waals surface area (Å²) >= 11 is 0. The molecule has 8 heteroatoms. The molecule has 3 aromatic rings. The van der Waals surface area contributed by atoms with Crippen LogP contribution >= 0.6 is 0 Å². The third kappa shape index (κ3) is 5.07. The number of hydrogen-bond acceptors (Lipinski definition) is 6. The van der Waals surface area contributed by atoms with Gasteiger partial charge in [-0.1, -0.05) is 30.3 Å². The highest BCUT2D eigenvalue weighted by atomic mass is 16.5. The molecule has 0 radical (unpaired) electrons. The zero-order valence-electron chi connectivity index (χ0n) is 18.9. The average Bonchev–Trinajstić information content (AvgIpc) is 3.17. The van der Waals surface area contributed by atoms with E-state index in [1.54, 1.807) is 16.3 Å². The average molecular weight is 424 g/mol. The summed E-state index contributed by atoms with van der Waals surface area (Å²) in [4.78, 5) is 36.0. The van der Waals surface area contributed by atoms with Crippen LogP contribution in [0.2, 0.25) is 0 Å². The first kappa shape index (κ1) is 22.4. The molecule has 31 heavy (non-hydrogen) atoms. The Morgan fingerprint density at radius 3 is 2.48 bits per heavy atom. The van der Waals surface area contributed by atoms with Crippen molar-refractivity contribution in [2.75, 3.05) is 0 Å². The molecule has 0 aliphatic heterocycles. The minimum absolute atomic E-state index is 0.00624. The highest BCUT2D eigenvalue weighted by molar-refractivity contribution is 5.84. The van der Waals surface area contributed by atoms with E-state index in [-0.39, 0.29) is 12.3 Å². The van der Waals surface area contributed by atoms with Crippen molar-refractivity contribution in [2.24, 2.45) is 0 Å². The summed E-state index contributed by atoms with van der Waals surface area (Å²) in [6.45, 7) is 11.6. The number of ether oxygens (including phenoxy) is 1. The maximum atomic E-state index is 13.2. The first-order valence-electron chi connectivity index (χ1n) is 10.3. The summed E-state index contributed by atoms with van der Waals surface area (Å²) in [5, 5.41) is 4.14. The van der Waals surface area contributed by atoms with Crippen molar-refractivity contribution in [1.82, 2.24) is 24.5 Å². The van der Waals surface area contributed by atoms with E-state index in [2.05, 4.69) is 15.1 Å². The van der Waals surface area contributed by atoms with Crippen molar-refractivity contribution in [2.45, 2.75) is 66.2 Å². The minimum Gasteiger partial charge on any atom is -0.452 e. The summed E-state index contributed by atoms with van der Waals surface area (Å²) in [5.41, 5.74) is 2.77. The van der Waals surface area contributed by atoms with E-state index in [4.69, 9.17) is 4.74 Å². The van der Waals surface area contributed by atoms with Gasteiger partial charge < -0.3 is 9.64 Å².